The quantitative estimate of drug-likeness (QED) is 0.406. The van der Waals surface area contributed by atoms with E-state index < -0.39 is 33.7 Å². The van der Waals surface area contributed by atoms with Gasteiger partial charge in [0.1, 0.15) is 10.9 Å². The monoisotopic (exact) mass is 618 g/mol. The molecule has 1 aromatic carbocycles. The Morgan fingerprint density at radius 1 is 1.02 bits per heavy atom. The maximum atomic E-state index is 13.9. The van der Waals surface area contributed by atoms with Gasteiger partial charge in [0, 0.05) is 52.6 Å². The predicted molar refractivity (Wildman–Crippen MR) is 164 cm³/mol. The molecule has 1 saturated carbocycles. The molecular formula is C30H40F2N6O4S. The highest BCUT2D eigenvalue weighted by atomic mass is 32.2. The zero-order valence-corrected chi connectivity index (χ0v) is 25.5. The number of aromatic nitrogens is 1. The number of nitrogens with zero attached hydrogens (tertiary/aromatic N) is 4. The molecule has 4 heterocycles. The van der Waals surface area contributed by atoms with Crippen LogP contribution in [-0.4, -0.2) is 82.0 Å². The van der Waals surface area contributed by atoms with Crippen LogP contribution in [0.4, 0.5) is 37.3 Å². The molecule has 13 heteroatoms. The number of benzene rings is 1. The van der Waals surface area contributed by atoms with Crippen molar-refractivity contribution in [2.24, 2.45) is 5.41 Å². The number of amides is 1. The van der Waals surface area contributed by atoms with Crippen molar-refractivity contribution in [3.63, 3.8) is 0 Å². The molecule has 234 valence electrons. The number of hydrogen-bond acceptors (Lipinski definition) is 8. The fourth-order valence-electron chi connectivity index (χ4n) is 6.38. The van der Waals surface area contributed by atoms with Crippen LogP contribution in [0.25, 0.3) is 0 Å². The topological polar surface area (TPSA) is 118 Å². The number of aliphatic hydroxyl groups is 1. The lowest BCUT2D eigenvalue weighted by molar-refractivity contribution is -0.0221. The van der Waals surface area contributed by atoms with Gasteiger partial charge in [0.25, 0.3) is 11.8 Å². The van der Waals surface area contributed by atoms with E-state index in [1.165, 1.54) is 19.8 Å². The lowest BCUT2D eigenvalue weighted by Gasteiger charge is -2.35. The van der Waals surface area contributed by atoms with Crippen LogP contribution in [0.15, 0.2) is 24.3 Å². The number of likely N-dealkylation sites (N-methyl/N-ethyl adjacent to an activating group) is 1. The molecule has 2 aromatic rings. The summed E-state index contributed by atoms with van der Waals surface area (Å²) >= 11 is 0. The van der Waals surface area contributed by atoms with E-state index >= 15 is 0 Å². The Balaban J connectivity index is 1.29. The predicted octanol–water partition coefficient (Wildman–Crippen LogP) is 4.06. The summed E-state index contributed by atoms with van der Waals surface area (Å²) in [5, 5.41) is 11.4. The molecule has 2 saturated heterocycles. The van der Waals surface area contributed by atoms with E-state index in [1.807, 2.05) is 11.9 Å². The molecule has 10 nitrogen and oxygen atoms in total. The van der Waals surface area contributed by atoms with E-state index in [0.29, 0.717) is 28.3 Å². The molecular weight excluding hydrogens is 578 g/mol. The molecule has 0 radical (unpaired) electrons. The molecule has 0 bridgehead atoms. The van der Waals surface area contributed by atoms with Crippen molar-refractivity contribution in [3.05, 3.63) is 35.5 Å². The summed E-state index contributed by atoms with van der Waals surface area (Å²) in [5.41, 5.74) is 4.08. The van der Waals surface area contributed by atoms with Gasteiger partial charge in [-0.3, -0.25) is 9.52 Å². The molecule has 3 fully saturated rings. The number of carbonyl (C=O) groups excluding carboxylic acids is 1. The van der Waals surface area contributed by atoms with E-state index in [9.17, 15) is 27.1 Å². The van der Waals surface area contributed by atoms with Gasteiger partial charge in [-0.25, -0.2) is 22.2 Å². The summed E-state index contributed by atoms with van der Waals surface area (Å²) in [7, 11) is -1.86. The van der Waals surface area contributed by atoms with E-state index in [1.54, 1.807) is 24.3 Å². The minimum Gasteiger partial charge on any atom is -0.395 e. The average Bonchev–Trinajstić information content (AvgIpc) is 3.63. The van der Waals surface area contributed by atoms with Crippen molar-refractivity contribution in [1.29, 1.82) is 0 Å². The first-order chi connectivity index (χ1) is 20.4. The lowest BCUT2D eigenvalue weighted by atomic mass is 9.93. The molecule has 1 aliphatic carbocycles. The Hall–Kier alpha value is -3.19. The maximum absolute atomic E-state index is 13.9. The molecule has 6 rings (SSSR count). The molecule has 1 aromatic heterocycles. The minimum absolute atomic E-state index is 0.165. The Labute approximate surface area is 251 Å². The fourth-order valence-corrected chi connectivity index (χ4v) is 7.23. The van der Waals surface area contributed by atoms with E-state index in [4.69, 9.17) is 4.98 Å². The van der Waals surface area contributed by atoms with Gasteiger partial charge >= 0.3 is 0 Å². The first kappa shape index (κ1) is 29.9. The van der Waals surface area contributed by atoms with Crippen LogP contribution >= 0.6 is 0 Å². The Bertz CT molecular complexity index is 1500. The van der Waals surface area contributed by atoms with Crippen LogP contribution in [0.5, 0.6) is 0 Å². The van der Waals surface area contributed by atoms with Crippen LogP contribution < -0.4 is 24.7 Å². The second-order valence-electron chi connectivity index (χ2n) is 12.7. The summed E-state index contributed by atoms with van der Waals surface area (Å²) in [5.74, 6) is -2.55. The third-order valence-electron chi connectivity index (χ3n) is 9.59. The molecule has 3 N–H and O–H groups in total. The Kier molecular flexibility index (Phi) is 7.68. The number of aliphatic hydroxyl groups excluding tert-OH is 1. The van der Waals surface area contributed by atoms with Gasteiger partial charge in [0.15, 0.2) is 5.82 Å². The molecule has 1 spiro atoms. The van der Waals surface area contributed by atoms with Crippen molar-refractivity contribution in [1.82, 2.24) is 4.98 Å². The molecule has 1 atom stereocenters. The number of fused-ring (bicyclic) bond motifs is 1. The van der Waals surface area contributed by atoms with Gasteiger partial charge in [-0.15, -0.1) is 0 Å². The van der Waals surface area contributed by atoms with Crippen LogP contribution in [0, 0.1) is 5.41 Å². The maximum Gasteiger partial charge on any atom is 0.274 e. The van der Waals surface area contributed by atoms with E-state index in [0.717, 1.165) is 50.1 Å². The fraction of sp³-hybridized carbons (Fsp3) is 0.600. The van der Waals surface area contributed by atoms with Crippen molar-refractivity contribution in [2.45, 2.75) is 63.0 Å². The Morgan fingerprint density at radius 3 is 2.35 bits per heavy atom. The number of alkyl halides is 2. The summed E-state index contributed by atoms with van der Waals surface area (Å²) in [4.78, 5) is 24.6. The highest BCUT2D eigenvalue weighted by Gasteiger charge is 2.44. The number of rotatable bonds is 8. The van der Waals surface area contributed by atoms with Crippen molar-refractivity contribution in [2.75, 3.05) is 71.1 Å². The molecule has 0 unspecified atom stereocenters. The number of pyridine rings is 1. The van der Waals surface area contributed by atoms with Crippen molar-refractivity contribution < 1.29 is 27.1 Å². The SMILES string of the molecule is C[C@@H](CO)S(=O)(=O)Nc1ccc(NC(=O)c2cc3c(c(N4CCC(F)(F)CC4)n2)N(C)CC3)c(N2CCC3(CC2)CC3)c1. The number of carbonyl (C=O) groups is 1. The van der Waals surface area contributed by atoms with Crippen molar-refractivity contribution in [3.8, 4) is 0 Å². The second-order valence-corrected chi connectivity index (χ2v) is 14.8. The average molecular weight is 619 g/mol. The number of hydrogen-bond donors (Lipinski definition) is 3. The summed E-state index contributed by atoms with van der Waals surface area (Å²) in [6, 6.07) is 6.79. The number of nitrogens with one attached hydrogen (secondary N) is 2. The molecule has 4 aliphatic rings. The van der Waals surface area contributed by atoms with Crippen molar-refractivity contribution >= 4 is 44.5 Å². The largest absolute Gasteiger partial charge is 0.395 e. The van der Waals surface area contributed by atoms with Crippen LogP contribution in [0.3, 0.4) is 0 Å². The highest BCUT2D eigenvalue weighted by molar-refractivity contribution is 7.93. The number of anilines is 5. The summed E-state index contributed by atoms with van der Waals surface area (Å²) in [6.45, 7) is 3.60. The van der Waals surface area contributed by atoms with Gasteiger partial charge in [-0.2, -0.15) is 0 Å². The van der Waals surface area contributed by atoms with Crippen LogP contribution in [-0.2, 0) is 16.4 Å². The number of sulfonamides is 1. The zero-order valence-electron chi connectivity index (χ0n) is 24.7. The second kappa shape index (κ2) is 11.1. The minimum atomic E-state index is -3.80. The van der Waals surface area contributed by atoms with Gasteiger partial charge in [-0.1, -0.05) is 0 Å². The van der Waals surface area contributed by atoms with Gasteiger partial charge in [-0.05, 0) is 74.3 Å². The smallest absolute Gasteiger partial charge is 0.274 e. The molecule has 3 aliphatic heterocycles. The third kappa shape index (κ3) is 6.11. The van der Waals surface area contributed by atoms with Crippen LogP contribution in [0.2, 0.25) is 0 Å². The van der Waals surface area contributed by atoms with Crippen LogP contribution in [0.1, 0.15) is 61.5 Å². The highest BCUT2D eigenvalue weighted by Crippen LogP contribution is 2.54. The van der Waals surface area contributed by atoms with Gasteiger partial charge in [0.05, 0.1) is 29.4 Å². The zero-order chi connectivity index (χ0) is 30.6. The molecule has 43 heavy (non-hydrogen) atoms. The first-order valence-electron chi connectivity index (χ1n) is 15.1. The third-order valence-corrected chi connectivity index (χ3v) is 11.3. The number of piperidine rings is 2. The van der Waals surface area contributed by atoms with Gasteiger partial charge in [0.2, 0.25) is 10.0 Å². The Morgan fingerprint density at radius 2 is 1.70 bits per heavy atom. The first-order valence-corrected chi connectivity index (χ1v) is 16.6. The van der Waals surface area contributed by atoms with E-state index in [2.05, 4.69) is 19.8 Å². The lowest BCUT2D eigenvalue weighted by Crippen LogP contribution is -2.40. The van der Waals surface area contributed by atoms with Gasteiger partial charge < -0.3 is 25.1 Å². The summed E-state index contributed by atoms with van der Waals surface area (Å²) in [6.07, 6.45) is 4.77. The number of halogens is 2. The standard InChI is InChI=1S/C30H40F2N6O4S/c1-20(19-39)43(41,42)35-22-3-4-23(25(18-22)37-13-8-29(6-7-29)9-14-37)34-28(40)24-17-21-5-12-36(2)26(21)27(33-24)38-15-10-30(31,32)11-16-38/h3-4,17-18,20,35,39H,5-16,19H2,1-2H3,(H,34,40)/t20-/m0/s1. The van der Waals surface area contributed by atoms with E-state index in [-0.39, 0.29) is 31.6 Å². The molecule has 1 amide bonds. The summed E-state index contributed by atoms with van der Waals surface area (Å²) < 4.78 is 55.8. The normalized spacial score (nSPS) is 21.5.